The average Bonchev–Trinajstić information content (AvgIpc) is 3.84. The van der Waals surface area contributed by atoms with Gasteiger partial charge in [-0.05, 0) is 62.4 Å². The van der Waals surface area contributed by atoms with Gasteiger partial charge in [-0.15, -0.1) is 0 Å². The molecule has 2 N–H and O–H groups in total. The minimum absolute atomic E-state index is 0.0341. The number of hydrogen-bond donors (Lipinski definition) is 2. The Morgan fingerprint density at radius 3 is 2.52 bits per heavy atom. The van der Waals surface area contributed by atoms with Crippen LogP contribution in [0.1, 0.15) is 79.5 Å². The van der Waals surface area contributed by atoms with Crippen molar-refractivity contribution in [2.75, 3.05) is 37.4 Å². The molecule has 276 valence electrons. The van der Waals surface area contributed by atoms with E-state index in [1.54, 1.807) is 36.8 Å². The lowest BCUT2D eigenvalue weighted by atomic mass is 9.58. The molecular formula is C40H42N10O4. The first-order valence-electron chi connectivity index (χ1n) is 18.7. The fourth-order valence-electron chi connectivity index (χ4n) is 9.00. The van der Waals surface area contributed by atoms with Crippen molar-refractivity contribution in [2.24, 2.45) is 18.4 Å². The number of anilines is 3. The first-order valence-corrected chi connectivity index (χ1v) is 18.7. The van der Waals surface area contributed by atoms with Gasteiger partial charge < -0.3 is 19.7 Å². The Labute approximate surface area is 311 Å². The van der Waals surface area contributed by atoms with Crippen molar-refractivity contribution in [1.29, 1.82) is 0 Å². The van der Waals surface area contributed by atoms with Crippen molar-refractivity contribution < 1.29 is 14.4 Å². The quantitative estimate of drug-likeness (QED) is 0.193. The van der Waals surface area contributed by atoms with Crippen LogP contribution in [0.4, 0.5) is 17.5 Å². The van der Waals surface area contributed by atoms with Crippen molar-refractivity contribution in [3.8, 4) is 11.8 Å². The molecule has 9 rings (SSSR count). The smallest absolute Gasteiger partial charge is 0.329 e. The molecular weight excluding hydrogens is 685 g/mol. The number of nitrogens with one attached hydrogen (secondary N) is 2. The highest BCUT2D eigenvalue weighted by atomic mass is 16.2. The van der Waals surface area contributed by atoms with E-state index in [9.17, 15) is 19.2 Å². The van der Waals surface area contributed by atoms with Crippen LogP contribution in [0.25, 0.3) is 22.1 Å². The summed E-state index contributed by atoms with van der Waals surface area (Å²) in [5, 5.41) is 6.48. The number of fused-ring (bicyclic) bond motifs is 2. The van der Waals surface area contributed by atoms with E-state index in [4.69, 9.17) is 4.98 Å². The lowest BCUT2D eigenvalue weighted by Crippen LogP contribution is -2.62. The zero-order valence-electron chi connectivity index (χ0n) is 30.6. The molecule has 14 heteroatoms. The van der Waals surface area contributed by atoms with Crippen LogP contribution in [-0.4, -0.2) is 78.5 Å². The molecule has 2 aliphatic heterocycles. The molecule has 1 atom stereocenters. The first-order chi connectivity index (χ1) is 26.1. The summed E-state index contributed by atoms with van der Waals surface area (Å²) >= 11 is 0. The highest BCUT2D eigenvalue weighted by Gasteiger charge is 2.52. The lowest BCUT2D eigenvalue weighted by Gasteiger charge is -2.59. The normalized spacial score (nSPS) is 19.8. The maximum Gasteiger partial charge on any atom is 0.329 e. The third kappa shape index (κ3) is 5.69. The predicted molar refractivity (Wildman–Crippen MR) is 203 cm³/mol. The number of imidazole rings is 1. The number of aromatic nitrogens is 6. The first kappa shape index (κ1) is 33.8. The number of carbonyl (C=O) groups is 3. The largest absolute Gasteiger partial charge is 0.369 e. The van der Waals surface area contributed by atoms with Crippen molar-refractivity contribution in [1.82, 2.24) is 38.9 Å². The van der Waals surface area contributed by atoms with Gasteiger partial charge in [-0.2, -0.15) is 4.98 Å². The Morgan fingerprint density at radius 2 is 1.80 bits per heavy atom. The van der Waals surface area contributed by atoms with Crippen LogP contribution in [-0.2, 0) is 16.6 Å². The maximum atomic E-state index is 13.3. The number of amides is 3. The van der Waals surface area contributed by atoms with Crippen LogP contribution in [0, 0.1) is 23.2 Å². The summed E-state index contributed by atoms with van der Waals surface area (Å²) in [4.78, 5) is 68.7. The molecule has 2 saturated carbocycles. The topological polar surface area (TPSA) is 152 Å². The molecule has 4 fully saturated rings. The molecule has 1 spiro atoms. The number of benzene rings is 1. The maximum absolute atomic E-state index is 13.3. The Balaban J connectivity index is 0.842. The van der Waals surface area contributed by atoms with Gasteiger partial charge in [0.05, 0.1) is 28.5 Å². The van der Waals surface area contributed by atoms with E-state index in [-0.39, 0.29) is 41.3 Å². The number of para-hydroxylation sites is 1. The second kappa shape index (κ2) is 12.9. The second-order valence-corrected chi connectivity index (χ2v) is 15.6. The summed E-state index contributed by atoms with van der Waals surface area (Å²) in [7, 11) is 5.25. The van der Waals surface area contributed by atoms with Gasteiger partial charge in [0, 0.05) is 69.6 Å². The van der Waals surface area contributed by atoms with Gasteiger partial charge >= 0.3 is 5.69 Å². The summed E-state index contributed by atoms with van der Waals surface area (Å²) in [6.45, 7) is 1.90. The molecule has 5 aromatic rings. The number of aryl methyl sites for hydroxylation is 1. The summed E-state index contributed by atoms with van der Waals surface area (Å²) in [5.41, 5.74) is 4.53. The van der Waals surface area contributed by atoms with Gasteiger partial charge in [-0.25, -0.2) is 14.8 Å². The molecule has 1 aromatic carbocycles. The van der Waals surface area contributed by atoms with Gasteiger partial charge in [0.15, 0.2) is 0 Å². The van der Waals surface area contributed by atoms with Crippen LogP contribution >= 0.6 is 0 Å². The van der Waals surface area contributed by atoms with Crippen molar-refractivity contribution >= 4 is 57.2 Å². The van der Waals surface area contributed by atoms with Gasteiger partial charge in [-0.3, -0.25) is 28.8 Å². The number of rotatable bonds is 6. The van der Waals surface area contributed by atoms with E-state index in [1.165, 1.54) is 4.57 Å². The number of pyridine rings is 1. The predicted octanol–water partition coefficient (Wildman–Crippen LogP) is 4.29. The van der Waals surface area contributed by atoms with Crippen LogP contribution in [0.2, 0.25) is 0 Å². The molecule has 6 heterocycles. The number of carbonyl (C=O) groups excluding carboxylic acids is 3. The van der Waals surface area contributed by atoms with Crippen molar-refractivity contribution in [2.45, 2.75) is 63.5 Å². The van der Waals surface area contributed by atoms with E-state index in [0.29, 0.717) is 34.9 Å². The number of nitrogens with zero attached hydrogens (tertiary/aromatic N) is 8. The van der Waals surface area contributed by atoms with Crippen LogP contribution in [0.3, 0.4) is 0 Å². The molecule has 0 bridgehead atoms. The molecule has 0 radical (unpaired) electrons. The van der Waals surface area contributed by atoms with Gasteiger partial charge in [0.1, 0.15) is 23.2 Å². The molecule has 2 saturated heterocycles. The van der Waals surface area contributed by atoms with E-state index in [1.807, 2.05) is 36.5 Å². The molecule has 4 aliphatic rings. The molecule has 3 amide bonds. The number of imide groups is 1. The van der Waals surface area contributed by atoms with E-state index in [2.05, 4.69) is 48.0 Å². The standard InChI is InChI=1S/C40H42N10O4/c1-46(2)37(53)31-17-26-20-42-38(45-35(26)49(31)27-8-4-5-9-27)43-32-15-13-28(21-41-32)48-22-40(23-48)18-24(19-40)11-12-25-7-6-10-29-34(25)47(3)39(54)50(29)30-14-16-33(51)44-36(30)52/h6-7,10,13,15,17,20-21,24,27,30H,4-5,8-9,14,16,18-19,22-23H2,1-3H3,(H,44,51,52)(H,41,42,43,45)/t30-/m1/s1. The summed E-state index contributed by atoms with van der Waals surface area (Å²) < 4.78 is 5.16. The molecule has 54 heavy (non-hydrogen) atoms. The lowest BCUT2D eigenvalue weighted by molar-refractivity contribution is -0.135. The summed E-state index contributed by atoms with van der Waals surface area (Å²) in [5.74, 6) is 7.37. The Morgan fingerprint density at radius 1 is 1.00 bits per heavy atom. The Hall–Kier alpha value is -5.97. The van der Waals surface area contributed by atoms with Gasteiger partial charge in [0.2, 0.25) is 17.8 Å². The Bertz CT molecular complexity index is 2460. The third-order valence-corrected chi connectivity index (χ3v) is 11.7. The van der Waals surface area contributed by atoms with Crippen LogP contribution in [0.5, 0.6) is 0 Å². The molecule has 4 aromatic heterocycles. The molecule has 0 unspecified atom stereocenters. The average molecular weight is 727 g/mol. The second-order valence-electron chi connectivity index (χ2n) is 15.6. The van der Waals surface area contributed by atoms with E-state index >= 15 is 0 Å². The van der Waals surface area contributed by atoms with Gasteiger partial charge in [0.25, 0.3) is 5.91 Å². The van der Waals surface area contributed by atoms with E-state index in [0.717, 1.165) is 73.9 Å². The highest BCUT2D eigenvalue weighted by molar-refractivity contribution is 6.00. The fourth-order valence-corrected chi connectivity index (χ4v) is 9.00. The highest BCUT2D eigenvalue weighted by Crippen LogP contribution is 2.52. The minimum atomic E-state index is -0.725. The third-order valence-electron chi connectivity index (χ3n) is 11.7. The van der Waals surface area contributed by atoms with Crippen LogP contribution < -0.4 is 21.2 Å². The van der Waals surface area contributed by atoms with Crippen molar-refractivity contribution in [3.05, 3.63) is 70.5 Å². The summed E-state index contributed by atoms with van der Waals surface area (Å²) in [6.07, 6.45) is 10.5. The minimum Gasteiger partial charge on any atom is -0.369 e. The van der Waals surface area contributed by atoms with Crippen molar-refractivity contribution in [3.63, 3.8) is 0 Å². The number of hydrogen-bond acceptors (Lipinski definition) is 9. The zero-order chi connectivity index (χ0) is 37.3. The van der Waals surface area contributed by atoms with Crippen LogP contribution in [0.15, 0.2) is 53.6 Å². The van der Waals surface area contributed by atoms with E-state index < -0.39 is 11.9 Å². The monoisotopic (exact) mass is 726 g/mol. The van der Waals surface area contributed by atoms with Gasteiger partial charge in [-0.1, -0.05) is 30.7 Å². The SMILES string of the molecule is CN(C)C(=O)c1cc2cnc(Nc3ccc(N4CC5(CC(C#Cc6cccc7c6n(C)c(=O)n7[C@@H]6CCC(=O)NC6=O)C5)C4)cn3)nc2n1C1CCCC1. The molecule has 2 aliphatic carbocycles. The molecule has 14 nitrogen and oxygen atoms in total. The number of piperidine rings is 1. The fraction of sp³-hybridized carbons (Fsp3) is 0.425. The Kier molecular flexibility index (Phi) is 8.06. The zero-order valence-corrected chi connectivity index (χ0v) is 30.6. The summed E-state index contributed by atoms with van der Waals surface area (Å²) in [6, 6.07) is 11.0.